The third kappa shape index (κ3) is 36.3. The number of aromatic nitrogens is 3. The predicted molar refractivity (Wildman–Crippen MR) is 428 cm³/mol. The summed E-state index contributed by atoms with van der Waals surface area (Å²) in [5.41, 5.74) is 1.26. The number of benzene rings is 2. The van der Waals surface area contributed by atoms with Gasteiger partial charge in [-0.25, -0.2) is 13.4 Å². The van der Waals surface area contributed by atoms with Crippen molar-refractivity contribution in [3.63, 3.8) is 0 Å². The number of ether oxygens (including phenoxy) is 6. The van der Waals surface area contributed by atoms with Crippen LogP contribution in [0.4, 0.5) is 5.95 Å². The van der Waals surface area contributed by atoms with Gasteiger partial charge in [0.15, 0.2) is 12.2 Å². The van der Waals surface area contributed by atoms with Gasteiger partial charge in [0.2, 0.25) is 39.1 Å². The number of carbonyl (C=O) groups is 9. The molecule has 2 fully saturated rings. The first-order valence-corrected chi connectivity index (χ1v) is 42.5. The highest BCUT2D eigenvalue weighted by Gasteiger charge is 2.53. The van der Waals surface area contributed by atoms with Crippen molar-refractivity contribution in [2.24, 2.45) is 7.05 Å². The van der Waals surface area contributed by atoms with Crippen LogP contribution in [0, 0.1) is 13.8 Å². The molecular formula is C71H114N14O30S3. The summed E-state index contributed by atoms with van der Waals surface area (Å²) in [6.45, 7) is 7.05. The van der Waals surface area contributed by atoms with Crippen molar-refractivity contribution in [1.82, 2.24) is 65.4 Å². The predicted octanol–water partition coefficient (Wildman–Crippen LogP) is -0.965. The van der Waals surface area contributed by atoms with Gasteiger partial charge in [0, 0.05) is 156 Å². The Morgan fingerprint density at radius 3 is 1.78 bits per heavy atom. The molecule has 44 nitrogen and oxygen atoms in total. The average Bonchev–Trinajstić information content (AvgIpc) is 0.798. The van der Waals surface area contributed by atoms with E-state index in [4.69, 9.17) is 28.4 Å². The Kier molecular flexibility index (Phi) is 43.0. The van der Waals surface area contributed by atoms with Crippen molar-refractivity contribution in [3.8, 4) is 5.75 Å². The van der Waals surface area contributed by atoms with E-state index in [0.29, 0.717) is 93.7 Å². The maximum Gasteiger partial charge on any atom is 0.323 e. The fourth-order valence-electron chi connectivity index (χ4n) is 12.4. The number of aliphatic hydroxyl groups excluding tert-OH is 2. The van der Waals surface area contributed by atoms with Crippen LogP contribution in [0.1, 0.15) is 78.9 Å². The van der Waals surface area contributed by atoms with Crippen molar-refractivity contribution in [2.45, 2.75) is 119 Å². The smallest absolute Gasteiger partial charge is 0.323 e. The number of sulfonamides is 1. The number of hydrogen-bond donors (Lipinski definition) is 20. The first-order chi connectivity index (χ1) is 55.8. The molecule has 5 unspecified atom stereocenters. The number of imidazole rings is 1. The molecule has 118 heavy (non-hydrogen) atoms. The number of nitrogens with one attached hydrogen (secondary N) is 8. The Morgan fingerprint density at radius 1 is 0.661 bits per heavy atom. The van der Waals surface area contributed by atoms with Crippen LogP contribution in [0.2, 0.25) is 0 Å². The van der Waals surface area contributed by atoms with Crippen LogP contribution in [0.3, 0.4) is 0 Å². The number of carbonyl (C=O) groups excluding carboxylic acids is 5. The molecule has 0 bridgehead atoms. The fraction of sp³-hybridized carbons (Fsp3) is 0.620. The quantitative estimate of drug-likeness (QED) is 0.0237. The molecule has 0 radical (unpaired) electrons. The maximum atomic E-state index is 13.6. The number of nitrogens with zero attached hydrogens (tertiary/aromatic N) is 6. The highest BCUT2D eigenvalue weighted by atomic mass is 32.3. The number of aromatic amines is 1. The first kappa shape index (κ1) is 100. The summed E-state index contributed by atoms with van der Waals surface area (Å²) < 4.78 is 121. The summed E-state index contributed by atoms with van der Waals surface area (Å²) in [5, 5.41) is 73.7. The van der Waals surface area contributed by atoms with Gasteiger partial charge in [0.1, 0.15) is 47.0 Å². The summed E-state index contributed by atoms with van der Waals surface area (Å²) in [7, 11) is -10.1. The summed E-state index contributed by atoms with van der Waals surface area (Å²) >= 11 is 0. The minimum atomic E-state index is -4.67. The number of pyridine rings is 1. The summed E-state index contributed by atoms with van der Waals surface area (Å²) in [5.74, 6) is -7.81. The van der Waals surface area contributed by atoms with Crippen LogP contribution >= 0.6 is 21.7 Å². The minimum absolute atomic E-state index is 0.108. The van der Waals surface area contributed by atoms with Crippen LogP contribution in [0.25, 0.3) is 10.9 Å². The highest BCUT2D eigenvalue weighted by Crippen LogP contribution is 2.49. The number of aliphatic carboxylic acids is 4. The molecule has 666 valence electrons. The zero-order chi connectivity index (χ0) is 87.3. The number of aryl methyl sites for hydroxylation is 3. The number of carboxylic acid groups (broad SMARTS) is 4. The molecule has 2 aliphatic heterocycles. The van der Waals surface area contributed by atoms with Crippen LogP contribution in [-0.4, -0.2) is 360 Å². The Hall–Kier alpha value is -8.38. The van der Waals surface area contributed by atoms with Gasteiger partial charge in [-0.05, 0) is 86.9 Å². The van der Waals surface area contributed by atoms with Crippen LogP contribution in [0.5, 0.6) is 5.75 Å². The van der Waals surface area contributed by atoms with Gasteiger partial charge in [0.05, 0.1) is 90.5 Å². The molecule has 7 atom stereocenters. The van der Waals surface area contributed by atoms with Gasteiger partial charge in [-0.3, -0.25) is 67.5 Å². The van der Waals surface area contributed by atoms with E-state index in [1.165, 1.54) is 18.3 Å². The summed E-state index contributed by atoms with van der Waals surface area (Å²) in [4.78, 5) is 139. The van der Waals surface area contributed by atoms with Crippen molar-refractivity contribution in [2.75, 3.05) is 169 Å². The highest BCUT2D eigenvalue weighted by molar-refractivity contribution is 8.20. The number of hydrogen-bond acceptors (Lipinski definition) is 32. The van der Waals surface area contributed by atoms with E-state index >= 15 is 0 Å². The molecule has 4 aromatic rings. The van der Waals surface area contributed by atoms with Crippen LogP contribution in [0.15, 0.2) is 58.6 Å². The lowest BCUT2D eigenvalue weighted by Crippen LogP contribution is -2.60. The van der Waals surface area contributed by atoms with Gasteiger partial charge in [-0.2, -0.15) is 4.72 Å². The zero-order valence-corrected chi connectivity index (χ0v) is 68.9. The lowest BCUT2D eigenvalue weighted by Gasteiger charge is -2.47. The molecule has 47 heteroatoms. The van der Waals surface area contributed by atoms with Gasteiger partial charge in [-0.1, -0.05) is 13.0 Å². The topological polar surface area (TPSA) is 634 Å². The van der Waals surface area contributed by atoms with Crippen molar-refractivity contribution >= 4 is 102 Å². The van der Waals surface area contributed by atoms with Crippen LogP contribution < -0.4 is 46.8 Å². The fourth-order valence-corrected chi connectivity index (χ4v) is 15.8. The normalized spacial score (nSPS) is 18.4. The third-order valence-corrected chi connectivity index (χ3v) is 22.0. The van der Waals surface area contributed by atoms with Gasteiger partial charge in [0.25, 0.3) is 5.91 Å². The molecule has 4 heterocycles. The second-order valence-electron chi connectivity index (χ2n) is 27.8. The number of aliphatic hydroxyl groups is 2. The second-order valence-corrected chi connectivity index (χ2v) is 32.7. The van der Waals surface area contributed by atoms with E-state index in [1.807, 2.05) is 6.92 Å². The lowest BCUT2D eigenvalue weighted by molar-refractivity contribution is -0.258. The molecule has 0 saturated carbocycles. The molecule has 2 aliphatic rings. The Balaban J connectivity index is 0.000000435. The number of carboxylic acids is 4. The first-order valence-electron chi connectivity index (χ1n) is 37.8. The molecule has 2 aromatic carbocycles. The number of H-pyrrole nitrogens is 1. The number of fused-ring (bicyclic) bond motifs is 1. The third-order valence-electron chi connectivity index (χ3n) is 18.2. The van der Waals surface area contributed by atoms with E-state index in [1.54, 1.807) is 82.8 Å². The summed E-state index contributed by atoms with van der Waals surface area (Å²) in [6, 6.07) is 5.18. The van der Waals surface area contributed by atoms with Crippen LogP contribution in [-0.2, 0) is 85.7 Å². The van der Waals surface area contributed by atoms with Crippen molar-refractivity contribution in [1.29, 1.82) is 0 Å². The maximum absolute atomic E-state index is 13.6. The largest absolute Gasteiger partial charge is 0.494 e. The number of amides is 5. The number of anilines is 1. The molecule has 5 amide bonds. The molecule has 20 N–H and O–H groups in total. The summed E-state index contributed by atoms with van der Waals surface area (Å²) in [6.07, 6.45) is -0.932. The molecule has 6 rings (SSSR count). The van der Waals surface area contributed by atoms with Gasteiger partial charge < -0.3 is 128 Å². The second kappa shape index (κ2) is 50.6. The molecule has 2 aromatic heterocycles. The SMILES string of the molecule is CCCOCCOCCCNC(=O)[C@@H](CCC(=O)NCCOC1OC(CS(O)(O)O)C(O)C(S(O)(O)O)C1O)NC(=O)CN1CCN(CC(=O)O)CCN(CC(=O)O)CCN(CC(=O)O)CC1.COCCCNC(=O)CCCOc1cc(C)c(S(=O)(=O)N[C@@H](CNC(=O)c2cn(C)c3cc(CNc4ncc[nH]4)ccc3c2=O)C(=O)O)c(C)c1. The number of rotatable bonds is 48. The molecular weight excluding hydrogens is 1630 g/mol. The van der Waals surface area contributed by atoms with E-state index in [-0.39, 0.29) is 139 Å². The molecule has 0 aliphatic carbocycles. The van der Waals surface area contributed by atoms with E-state index < -0.39 is 146 Å². The van der Waals surface area contributed by atoms with Crippen molar-refractivity contribution < 1.29 is 138 Å². The minimum Gasteiger partial charge on any atom is -0.494 e. The van der Waals surface area contributed by atoms with E-state index in [9.17, 15) is 114 Å². The Morgan fingerprint density at radius 2 is 1.23 bits per heavy atom. The van der Waals surface area contributed by atoms with E-state index in [2.05, 4.69) is 46.6 Å². The number of methoxy groups -OCH3 is 1. The van der Waals surface area contributed by atoms with E-state index in [0.717, 1.165) is 12.0 Å². The van der Waals surface area contributed by atoms with Gasteiger partial charge in [-0.15, -0.1) is 0 Å². The monoisotopic (exact) mass is 1740 g/mol. The molecule has 2 saturated heterocycles. The average molecular weight is 1740 g/mol. The zero-order valence-electron chi connectivity index (χ0n) is 66.4. The lowest BCUT2D eigenvalue weighted by atomic mass is 10.0. The Bertz CT molecular complexity index is 4010. The van der Waals surface area contributed by atoms with Crippen molar-refractivity contribution in [3.05, 3.63) is 81.4 Å². The Labute approximate surface area is 684 Å². The van der Waals surface area contributed by atoms with Gasteiger partial charge >= 0.3 is 23.9 Å². The molecule has 0 spiro atoms. The standard InChI is InChI=1S/C37H71N7O21S2.C34H43N7O9S/c1-2-16-62-19-20-63-17-3-6-39-36(55)26(4-5-28(45)38-7-18-64-37-34(54)35(67(59,60)61)33(53)27(65-37)25-66(56,57)58)40-29(46)21-41-8-10-42(22-30(47)48)12-14-44(24-32(51)52)15-13-43(11-9-41)23-31(49)50;1-21-15-24(50-14-5-7-29(42)35-10-6-13-49-4)16-22(2)31(21)51(47,48)40-27(33(45)46)19-38-32(44)26-20-41(3)28-17-23(8-9-25(28)30(26)43)18-39-34-36-11-12-37-34/h26-27,33-35,37,53-54,56-61H,2-25H2,1H3,(H,38,45)(H,39,55)(H,40,46)(H,47,48)(H,49,50)(H,51,52);8-9,11-12,15-17,20,27,40H,5-7,10,13-14,18-19H2,1-4H3,(H,35,42)(H,38,44)(H,45,46)(H2,36,37,39)/t26-,27?,33?,34?,35?,37?;27-/m10/s1.